The van der Waals surface area contributed by atoms with Gasteiger partial charge in [-0.05, 0) is 25.0 Å². The summed E-state index contributed by atoms with van der Waals surface area (Å²) in [7, 11) is 0. The van der Waals surface area contributed by atoms with Crippen LogP contribution < -0.4 is 0 Å². The molecule has 0 spiro atoms. The van der Waals surface area contributed by atoms with E-state index in [9.17, 15) is 26.7 Å². The number of nitrogens with zero attached hydrogens (tertiary/aromatic N) is 2. The average Bonchev–Trinajstić information content (AvgIpc) is 3.05. The number of benzene rings is 1. The number of hydrogen-bond donors (Lipinski definition) is 1. The molecule has 1 unspecified atom stereocenters. The van der Waals surface area contributed by atoms with E-state index in [1.54, 1.807) is 0 Å². The van der Waals surface area contributed by atoms with Gasteiger partial charge in [-0.15, -0.1) is 0 Å². The predicted molar refractivity (Wildman–Crippen MR) is 77.8 cm³/mol. The van der Waals surface area contributed by atoms with Gasteiger partial charge in [-0.2, -0.15) is 13.2 Å². The van der Waals surface area contributed by atoms with Gasteiger partial charge in [-0.3, -0.25) is 4.79 Å². The van der Waals surface area contributed by atoms with Crippen molar-refractivity contribution in [1.82, 2.24) is 14.9 Å². The first-order chi connectivity index (χ1) is 11.8. The lowest BCUT2D eigenvalue weighted by atomic mass is 9.96. The standard InChI is InChI=1S/C16H14F5N3O/c17-10-4-1-5-11(18)13(10)15(25)24-6-2-3-9(8-24)14-22-7-12(23-14)16(19,20)21/h1,4-5,7,9H,2-3,6,8H2,(H,22,23). The Kier molecular flexibility index (Phi) is 4.49. The van der Waals surface area contributed by atoms with Crippen molar-refractivity contribution in [3.63, 3.8) is 0 Å². The second-order valence-corrected chi connectivity index (χ2v) is 5.87. The van der Waals surface area contributed by atoms with Crippen LogP contribution in [-0.4, -0.2) is 33.9 Å². The Hall–Kier alpha value is -2.45. The largest absolute Gasteiger partial charge is 0.432 e. The molecule has 1 aliphatic heterocycles. The van der Waals surface area contributed by atoms with Crippen LogP contribution in [0.15, 0.2) is 24.4 Å². The first-order valence-corrected chi connectivity index (χ1v) is 7.62. The van der Waals surface area contributed by atoms with E-state index in [0.29, 0.717) is 19.0 Å². The van der Waals surface area contributed by atoms with Crippen molar-refractivity contribution in [2.24, 2.45) is 0 Å². The molecule has 1 atom stereocenters. The van der Waals surface area contributed by atoms with Crippen molar-refractivity contribution < 1.29 is 26.7 Å². The molecule has 1 aromatic carbocycles. The van der Waals surface area contributed by atoms with E-state index in [1.807, 2.05) is 0 Å². The maximum atomic E-state index is 13.8. The van der Waals surface area contributed by atoms with Gasteiger partial charge in [0.2, 0.25) is 0 Å². The number of aromatic amines is 1. The number of nitrogens with one attached hydrogen (secondary N) is 1. The van der Waals surface area contributed by atoms with Crippen LogP contribution in [0, 0.1) is 11.6 Å². The fourth-order valence-corrected chi connectivity index (χ4v) is 2.93. The summed E-state index contributed by atoms with van der Waals surface area (Å²) < 4.78 is 65.6. The molecule has 0 saturated carbocycles. The van der Waals surface area contributed by atoms with Gasteiger partial charge in [-0.25, -0.2) is 13.8 Å². The lowest BCUT2D eigenvalue weighted by molar-refractivity contribution is -0.141. The van der Waals surface area contributed by atoms with E-state index in [4.69, 9.17) is 0 Å². The minimum atomic E-state index is -4.54. The first kappa shape index (κ1) is 17.4. The highest BCUT2D eigenvalue weighted by atomic mass is 19.4. The summed E-state index contributed by atoms with van der Waals surface area (Å²) >= 11 is 0. The second kappa shape index (κ2) is 6.45. The summed E-state index contributed by atoms with van der Waals surface area (Å²) in [5.41, 5.74) is -1.62. The van der Waals surface area contributed by atoms with Crippen LogP contribution in [-0.2, 0) is 6.18 Å². The molecular weight excluding hydrogens is 345 g/mol. The summed E-state index contributed by atoms with van der Waals surface area (Å²) in [6.45, 7) is 0.313. The molecule has 3 rings (SSSR count). The van der Waals surface area contributed by atoms with Crippen molar-refractivity contribution >= 4 is 5.91 Å². The number of carbonyl (C=O) groups is 1. The molecule has 0 bridgehead atoms. The van der Waals surface area contributed by atoms with Crippen LogP contribution in [0.25, 0.3) is 0 Å². The van der Waals surface area contributed by atoms with E-state index in [2.05, 4.69) is 9.97 Å². The number of H-pyrrole nitrogens is 1. The fourth-order valence-electron chi connectivity index (χ4n) is 2.93. The van der Waals surface area contributed by atoms with Gasteiger partial charge in [0.25, 0.3) is 5.91 Å². The minimum absolute atomic E-state index is 0.0391. The number of aromatic nitrogens is 2. The van der Waals surface area contributed by atoms with E-state index < -0.39 is 40.9 Å². The van der Waals surface area contributed by atoms with Gasteiger partial charge in [0.15, 0.2) is 0 Å². The highest BCUT2D eigenvalue weighted by molar-refractivity contribution is 5.94. The van der Waals surface area contributed by atoms with Crippen molar-refractivity contribution in [2.75, 3.05) is 13.1 Å². The molecule has 0 radical (unpaired) electrons. The van der Waals surface area contributed by atoms with Gasteiger partial charge in [0.05, 0.1) is 6.20 Å². The van der Waals surface area contributed by atoms with Crippen LogP contribution >= 0.6 is 0 Å². The van der Waals surface area contributed by atoms with Crippen LogP contribution in [0.2, 0.25) is 0 Å². The lowest BCUT2D eigenvalue weighted by Crippen LogP contribution is -2.40. The highest BCUT2D eigenvalue weighted by Crippen LogP contribution is 2.31. The van der Waals surface area contributed by atoms with E-state index in [-0.39, 0.29) is 18.9 Å². The van der Waals surface area contributed by atoms with Crippen molar-refractivity contribution in [2.45, 2.75) is 24.9 Å². The zero-order valence-corrected chi connectivity index (χ0v) is 12.9. The van der Waals surface area contributed by atoms with E-state index in [1.165, 1.54) is 4.90 Å². The number of amides is 1. The molecule has 1 N–H and O–H groups in total. The number of piperidine rings is 1. The monoisotopic (exact) mass is 359 g/mol. The van der Waals surface area contributed by atoms with Crippen molar-refractivity contribution in [3.8, 4) is 0 Å². The molecule has 0 aliphatic carbocycles. The molecular formula is C16H14F5N3O. The number of imidazole rings is 1. The normalized spacial score (nSPS) is 18.4. The lowest BCUT2D eigenvalue weighted by Gasteiger charge is -2.32. The first-order valence-electron chi connectivity index (χ1n) is 7.62. The van der Waals surface area contributed by atoms with Gasteiger partial charge in [0, 0.05) is 19.0 Å². The Bertz CT molecular complexity index is 766. The van der Waals surface area contributed by atoms with Gasteiger partial charge in [0.1, 0.15) is 28.7 Å². The predicted octanol–water partition coefficient (Wildman–Crippen LogP) is 3.73. The Labute approximate surface area is 139 Å². The maximum absolute atomic E-state index is 13.8. The molecule has 25 heavy (non-hydrogen) atoms. The molecule has 1 aliphatic rings. The summed E-state index contributed by atoms with van der Waals surface area (Å²) in [5.74, 6) is -3.10. The van der Waals surface area contributed by atoms with Crippen LogP contribution in [0.4, 0.5) is 22.0 Å². The zero-order chi connectivity index (χ0) is 18.2. The summed E-state index contributed by atoms with van der Waals surface area (Å²) in [4.78, 5) is 19.6. The molecule has 2 aromatic rings. The number of halogens is 5. The summed E-state index contributed by atoms with van der Waals surface area (Å²) in [5, 5.41) is 0. The quantitative estimate of drug-likeness (QED) is 0.831. The van der Waals surface area contributed by atoms with Gasteiger partial charge in [-0.1, -0.05) is 6.07 Å². The van der Waals surface area contributed by atoms with Crippen molar-refractivity contribution in [1.29, 1.82) is 0 Å². The van der Waals surface area contributed by atoms with E-state index in [0.717, 1.165) is 18.2 Å². The Morgan fingerprint density at radius 3 is 2.52 bits per heavy atom. The van der Waals surface area contributed by atoms with Crippen LogP contribution in [0.3, 0.4) is 0 Å². The Morgan fingerprint density at radius 2 is 1.92 bits per heavy atom. The third-order valence-electron chi connectivity index (χ3n) is 4.17. The molecule has 4 nitrogen and oxygen atoms in total. The molecule has 1 amide bonds. The molecule has 1 aromatic heterocycles. The Morgan fingerprint density at radius 1 is 1.24 bits per heavy atom. The van der Waals surface area contributed by atoms with E-state index >= 15 is 0 Å². The van der Waals surface area contributed by atoms with Crippen LogP contribution in [0.1, 0.15) is 40.6 Å². The number of hydrogen-bond acceptors (Lipinski definition) is 2. The maximum Gasteiger partial charge on any atom is 0.432 e. The zero-order valence-electron chi connectivity index (χ0n) is 12.9. The number of carbonyl (C=O) groups excluding carboxylic acids is 1. The third-order valence-corrected chi connectivity index (χ3v) is 4.17. The molecule has 9 heteroatoms. The van der Waals surface area contributed by atoms with Crippen LogP contribution in [0.5, 0.6) is 0 Å². The number of likely N-dealkylation sites (tertiary alicyclic amines) is 1. The molecule has 2 heterocycles. The smallest absolute Gasteiger partial charge is 0.338 e. The average molecular weight is 359 g/mol. The molecule has 1 saturated heterocycles. The molecule has 1 fully saturated rings. The third kappa shape index (κ3) is 3.49. The van der Waals surface area contributed by atoms with Gasteiger partial charge < -0.3 is 9.88 Å². The number of rotatable bonds is 2. The van der Waals surface area contributed by atoms with Gasteiger partial charge >= 0.3 is 6.18 Å². The Balaban J connectivity index is 1.79. The highest BCUT2D eigenvalue weighted by Gasteiger charge is 2.35. The number of alkyl halides is 3. The topological polar surface area (TPSA) is 49.0 Å². The SMILES string of the molecule is O=C(c1c(F)cccc1F)N1CCCC(c2ncc(C(F)(F)F)[nH]2)C1. The molecule has 134 valence electrons. The summed E-state index contributed by atoms with van der Waals surface area (Å²) in [6, 6.07) is 3.13. The summed E-state index contributed by atoms with van der Waals surface area (Å²) in [6.07, 6.45) is -2.82. The van der Waals surface area contributed by atoms with Crippen molar-refractivity contribution in [3.05, 3.63) is 53.1 Å². The fraction of sp³-hybridized carbons (Fsp3) is 0.375. The second-order valence-electron chi connectivity index (χ2n) is 5.87. The minimum Gasteiger partial charge on any atom is -0.338 e.